The summed E-state index contributed by atoms with van der Waals surface area (Å²) >= 11 is 0. The summed E-state index contributed by atoms with van der Waals surface area (Å²) in [5, 5.41) is 9.74. The van der Waals surface area contributed by atoms with Crippen LogP contribution in [0.1, 0.15) is 12.5 Å². The van der Waals surface area contributed by atoms with Crippen molar-refractivity contribution in [1.29, 1.82) is 0 Å². The lowest BCUT2D eigenvalue weighted by Gasteiger charge is -2.26. The smallest absolute Gasteiger partial charge is 0.0642 e. The Kier molecular flexibility index (Phi) is 9.23. The molecule has 4 heteroatoms. The standard InChI is InChI=1S/C67H46N4/c1-3-5-25-44(4-2)58-62-52-40-42-56(68(46-28-13-7-14-29-46)47-30-15-8-16-31-47)60-51-37-22-24-39-55(51)71(64(52)60)67(62)59(45-26-11-6-12-27-45)63-53-41-43-57(61-50-36-21-23-38-54(50)70(65(53)61)66(58)63)69(48-32-17-9-18-33-48)49-34-19-10-20-35-49/h3-43H,1H2,2H3/b25-5-,44-4+. The average Bonchev–Trinajstić information content (AvgIpc) is 4.19. The van der Waals surface area contributed by atoms with Crippen LogP contribution < -0.4 is 9.80 Å². The second-order valence-corrected chi connectivity index (χ2v) is 18.3. The molecule has 334 valence electrons. The van der Waals surface area contributed by atoms with E-state index in [9.17, 15) is 0 Å². The van der Waals surface area contributed by atoms with Crippen LogP contribution in [-0.2, 0) is 0 Å². The minimum absolute atomic E-state index is 1.11. The summed E-state index contributed by atoms with van der Waals surface area (Å²) in [5.74, 6) is 0. The molecule has 0 saturated heterocycles. The molecule has 4 aromatic heterocycles. The van der Waals surface area contributed by atoms with Gasteiger partial charge in [-0.3, -0.25) is 0 Å². The summed E-state index contributed by atoms with van der Waals surface area (Å²) in [5.41, 5.74) is 18.6. The molecule has 14 aromatic rings. The first-order valence-corrected chi connectivity index (χ1v) is 24.4. The van der Waals surface area contributed by atoms with E-state index in [-0.39, 0.29) is 0 Å². The van der Waals surface area contributed by atoms with Gasteiger partial charge in [-0.15, -0.1) is 0 Å². The monoisotopic (exact) mass is 906 g/mol. The van der Waals surface area contributed by atoms with E-state index in [1.165, 1.54) is 92.9 Å². The Labute approximate surface area is 411 Å². The zero-order valence-corrected chi connectivity index (χ0v) is 39.2. The fourth-order valence-electron chi connectivity index (χ4n) is 11.9. The molecule has 4 heterocycles. The van der Waals surface area contributed by atoms with E-state index in [2.05, 4.69) is 275 Å². The van der Waals surface area contributed by atoms with Crippen LogP contribution in [-0.4, -0.2) is 8.80 Å². The van der Waals surface area contributed by atoms with Crippen LogP contribution in [0.15, 0.2) is 255 Å². The van der Waals surface area contributed by atoms with Crippen LogP contribution in [0.25, 0.3) is 92.9 Å². The van der Waals surface area contributed by atoms with Gasteiger partial charge in [-0.1, -0.05) is 183 Å². The van der Waals surface area contributed by atoms with E-state index in [4.69, 9.17) is 0 Å². The van der Waals surface area contributed by atoms with Crippen molar-refractivity contribution in [3.63, 3.8) is 0 Å². The molecule has 0 aliphatic rings. The number of allylic oxidation sites excluding steroid dienone is 5. The Bertz CT molecular complexity index is 4230. The van der Waals surface area contributed by atoms with Crippen molar-refractivity contribution in [3.8, 4) is 11.1 Å². The van der Waals surface area contributed by atoms with E-state index in [1.54, 1.807) is 0 Å². The molecule has 0 fully saturated rings. The van der Waals surface area contributed by atoms with Crippen molar-refractivity contribution in [2.45, 2.75) is 6.92 Å². The average molecular weight is 907 g/mol. The Morgan fingerprint density at radius 1 is 0.394 bits per heavy atom. The van der Waals surface area contributed by atoms with Crippen molar-refractivity contribution in [3.05, 3.63) is 261 Å². The molecule has 71 heavy (non-hydrogen) atoms. The molecule has 0 aliphatic carbocycles. The summed E-state index contributed by atoms with van der Waals surface area (Å²) in [6.45, 7) is 6.34. The summed E-state index contributed by atoms with van der Waals surface area (Å²) in [6.07, 6.45) is 8.51. The molecule has 10 aromatic carbocycles. The molecule has 4 nitrogen and oxygen atoms in total. The third-order valence-electron chi connectivity index (χ3n) is 14.6. The highest BCUT2D eigenvalue weighted by Crippen LogP contribution is 2.56. The Balaban J connectivity index is 1.23. The number of para-hydroxylation sites is 6. The number of aromatic nitrogens is 2. The van der Waals surface area contributed by atoms with Gasteiger partial charge in [0.1, 0.15) is 0 Å². The maximum Gasteiger partial charge on any atom is 0.0642 e. The molecule has 0 N–H and O–H groups in total. The van der Waals surface area contributed by atoms with E-state index in [0.29, 0.717) is 0 Å². The minimum Gasteiger partial charge on any atom is -0.310 e. The van der Waals surface area contributed by atoms with Crippen molar-refractivity contribution in [1.82, 2.24) is 8.80 Å². The first-order chi connectivity index (χ1) is 35.2. The maximum absolute atomic E-state index is 4.17. The van der Waals surface area contributed by atoms with Gasteiger partial charge in [0.2, 0.25) is 0 Å². The molecule has 0 bridgehead atoms. The van der Waals surface area contributed by atoms with Gasteiger partial charge in [0.15, 0.2) is 0 Å². The Morgan fingerprint density at radius 3 is 1.25 bits per heavy atom. The molecule has 0 aliphatic heterocycles. The van der Waals surface area contributed by atoms with E-state index in [1.807, 2.05) is 6.08 Å². The predicted octanol–water partition coefficient (Wildman–Crippen LogP) is 18.7. The lowest BCUT2D eigenvalue weighted by Crippen LogP contribution is -2.10. The van der Waals surface area contributed by atoms with Crippen molar-refractivity contribution in [2.24, 2.45) is 0 Å². The fourth-order valence-corrected chi connectivity index (χ4v) is 11.9. The van der Waals surface area contributed by atoms with Gasteiger partial charge in [-0.2, -0.15) is 0 Å². The molecule has 0 amide bonds. The Morgan fingerprint density at radius 2 is 0.803 bits per heavy atom. The van der Waals surface area contributed by atoms with Crippen molar-refractivity contribution >= 4 is 116 Å². The summed E-state index contributed by atoms with van der Waals surface area (Å²) in [6, 6.07) is 81.8. The Hall–Kier alpha value is -9.38. The first-order valence-electron chi connectivity index (χ1n) is 24.4. The van der Waals surface area contributed by atoms with Crippen LogP contribution in [0.2, 0.25) is 0 Å². The lowest BCUT2D eigenvalue weighted by molar-refractivity contribution is 1.30. The van der Waals surface area contributed by atoms with Crippen molar-refractivity contribution < 1.29 is 0 Å². The van der Waals surface area contributed by atoms with Gasteiger partial charge in [0.05, 0.1) is 44.5 Å². The number of anilines is 6. The highest BCUT2D eigenvalue weighted by Gasteiger charge is 2.33. The van der Waals surface area contributed by atoms with Crippen LogP contribution >= 0.6 is 0 Å². The summed E-state index contributed by atoms with van der Waals surface area (Å²) in [7, 11) is 0. The molecule has 0 saturated carbocycles. The highest BCUT2D eigenvalue weighted by atomic mass is 15.2. The largest absolute Gasteiger partial charge is 0.310 e. The second kappa shape index (κ2) is 16.1. The van der Waals surface area contributed by atoms with Gasteiger partial charge in [-0.25, -0.2) is 0 Å². The maximum atomic E-state index is 4.17. The SMILES string of the molecule is C=C/C=C\C(=C/C)c1c2c3ccc(N(c4ccccc4)c4ccccc4)c4c5ccccc5n(c2c(-c2ccccc2)c2c5ccc(N(c6ccccc6)c6ccccc6)c6c7ccccc7n(c12)c56)c34. The summed E-state index contributed by atoms with van der Waals surface area (Å²) in [4.78, 5) is 4.85. The molecule has 0 spiro atoms. The number of hydrogen-bond donors (Lipinski definition) is 0. The van der Waals surface area contributed by atoms with Crippen LogP contribution in [0.3, 0.4) is 0 Å². The topological polar surface area (TPSA) is 15.3 Å². The van der Waals surface area contributed by atoms with E-state index in [0.717, 1.165) is 39.7 Å². The van der Waals surface area contributed by atoms with E-state index >= 15 is 0 Å². The fraction of sp³-hybridized carbons (Fsp3) is 0.0149. The normalized spacial score (nSPS) is 12.4. The molecule has 14 rings (SSSR count). The number of benzene rings is 10. The molecular formula is C67H46N4. The molecule has 0 unspecified atom stereocenters. The highest BCUT2D eigenvalue weighted by molar-refractivity contribution is 6.38. The third-order valence-corrected chi connectivity index (χ3v) is 14.6. The van der Waals surface area contributed by atoms with Gasteiger partial charge in [0.25, 0.3) is 0 Å². The number of fused-ring (bicyclic) bond motifs is 12. The van der Waals surface area contributed by atoms with Crippen LogP contribution in [0.5, 0.6) is 0 Å². The molecule has 0 radical (unpaired) electrons. The minimum atomic E-state index is 1.11. The molecule has 0 atom stereocenters. The lowest BCUT2D eigenvalue weighted by atomic mass is 9.88. The quantitative estimate of drug-likeness (QED) is 0.127. The third kappa shape index (κ3) is 5.86. The van der Waals surface area contributed by atoms with Gasteiger partial charge in [0, 0.05) is 77.0 Å². The van der Waals surface area contributed by atoms with E-state index < -0.39 is 0 Å². The van der Waals surface area contributed by atoms with Crippen LogP contribution in [0, 0.1) is 0 Å². The predicted molar refractivity (Wildman–Crippen MR) is 304 cm³/mol. The zero-order chi connectivity index (χ0) is 47.2. The van der Waals surface area contributed by atoms with Gasteiger partial charge < -0.3 is 18.6 Å². The van der Waals surface area contributed by atoms with Gasteiger partial charge >= 0.3 is 0 Å². The van der Waals surface area contributed by atoms with Gasteiger partial charge in [-0.05, 0) is 90.9 Å². The second-order valence-electron chi connectivity index (χ2n) is 18.3. The van der Waals surface area contributed by atoms with Crippen molar-refractivity contribution in [2.75, 3.05) is 9.80 Å². The number of nitrogens with zero attached hydrogens (tertiary/aromatic N) is 4. The number of rotatable bonds is 10. The van der Waals surface area contributed by atoms with Crippen LogP contribution in [0.4, 0.5) is 34.1 Å². The summed E-state index contributed by atoms with van der Waals surface area (Å²) < 4.78 is 5.21. The number of hydrogen-bond acceptors (Lipinski definition) is 2. The first kappa shape index (κ1) is 40.7. The molecular weight excluding hydrogens is 861 g/mol. The zero-order valence-electron chi connectivity index (χ0n) is 39.2.